The SMILES string of the molecule is CN[C@H](C)c1ccc(-c2ccc(S(F)(F)(F)(F)F)cc2)cc1. The lowest BCUT2D eigenvalue weighted by Crippen LogP contribution is -2.11. The van der Waals surface area contributed by atoms with Crippen LogP contribution in [0.3, 0.4) is 0 Å². The molecular weight excluding hydrogens is 321 g/mol. The van der Waals surface area contributed by atoms with Gasteiger partial charge in [-0.2, -0.15) is 0 Å². The molecule has 0 aliphatic heterocycles. The van der Waals surface area contributed by atoms with E-state index in [1.807, 2.05) is 26.1 Å². The predicted molar refractivity (Wildman–Crippen MR) is 80.7 cm³/mol. The lowest BCUT2D eigenvalue weighted by Gasteiger charge is -2.40. The minimum Gasteiger partial charge on any atom is -0.313 e. The molecule has 1 N–H and O–H groups in total. The van der Waals surface area contributed by atoms with Crippen LogP contribution in [0.2, 0.25) is 0 Å². The first-order valence-electron chi connectivity index (χ1n) is 6.52. The van der Waals surface area contributed by atoms with E-state index in [2.05, 4.69) is 5.32 Å². The van der Waals surface area contributed by atoms with Gasteiger partial charge < -0.3 is 5.32 Å². The molecule has 0 saturated carbocycles. The van der Waals surface area contributed by atoms with Crippen LogP contribution in [0.25, 0.3) is 11.1 Å². The molecule has 122 valence electrons. The van der Waals surface area contributed by atoms with Gasteiger partial charge in [0.2, 0.25) is 0 Å². The first-order valence-corrected chi connectivity index (χ1v) is 8.47. The second kappa shape index (κ2) is 4.70. The summed E-state index contributed by atoms with van der Waals surface area (Å²) in [5.74, 6) is 0. The minimum absolute atomic E-state index is 0.143. The van der Waals surface area contributed by atoms with Crippen LogP contribution in [-0.4, -0.2) is 7.05 Å². The number of rotatable bonds is 4. The monoisotopic (exact) mass is 337 g/mol. The van der Waals surface area contributed by atoms with E-state index in [9.17, 15) is 19.4 Å². The summed E-state index contributed by atoms with van der Waals surface area (Å²) < 4.78 is 63.3. The van der Waals surface area contributed by atoms with Gasteiger partial charge in [-0.25, -0.2) is 0 Å². The predicted octanol–water partition coefficient (Wildman–Crippen LogP) is 6.29. The van der Waals surface area contributed by atoms with Gasteiger partial charge in [-0.15, -0.1) is 0 Å². The Morgan fingerprint density at radius 2 is 1.18 bits per heavy atom. The Labute approximate surface area is 125 Å². The molecule has 0 fully saturated rings. The summed E-state index contributed by atoms with van der Waals surface area (Å²) >= 11 is 0. The van der Waals surface area contributed by atoms with Crippen LogP contribution >= 0.6 is 10.2 Å². The summed E-state index contributed by atoms with van der Waals surface area (Å²) in [6.07, 6.45) is 0. The van der Waals surface area contributed by atoms with Crippen LogP contribution in [0.5, 0.6) is 0 Å². The Bertz CT molecular complexity index is 662. The molecule has 0 unspecified atom stereocenters. The maximum atomic E-state index is 12.7. The van der Waals surface area contributed by atoms with Crippen molar-refractivity contribution in [3.05, 3.63) is 54.1 Å². The molecule has 0 aromatic heterocycles. The maximum Gasteiger partial charge on any atom is 0.310 e. The van der Waals surface area contributed by atoms with Crippen LogP contribution in [0.15, 0.2) is 53.4 Å². The molecule has 0 radical (unpaired) electrons. The zero-order valence-electron chi connectivity index (χ0n) is 12.0. The fourth-order valence-electron chi connectivity index (χ4n) is 2.04. The van der Waals surface area contributed by atoms with Crippen molar-refractivity contribution in [2.24, 2.45) is 0 Å². The normalized spacial score (nSPS) is 16.7. The molecule has 0 amide bonds. The van der Waals surface area contributed by atoms with Gasteiger partial charge in [0.25, 0.3) is 0 Å². The molecule has 0 aliphatic rings. The number of benzene rings is 2. The van der Waals surface area contributed by atoms with E-state index in [-0.39, 0.29) is 6.04 Å². The van der Waals surface area contributed by atoms with Gasteiger partial charge in [0.05, 0.1) is 0 Å². The zero-order valence-corrected chi connectivity index (χ0v) is 12.8. The Balaban J connectivity index is 2.32. The minimum atomic E-state index is -9.60. The van der Waals surface area contributed by atoms with Crippen molar-refractivity contribution in [1.29, 1.82) is 0 Å². The Hall–Kier alpha value is -1.60. The number of hydrogen-bond donors (Lipinski definition) is 1. The van der Waals surface area contributed by atoms with Gasteiger partial charge >= 0.3 is 10.2 Å². The lowest BCUT2D eigenvalue weighted by molar-refractivity contribution is 0.364. The highest BCUT2D eigenvalue weighted by atomic mass is 32.5. The largest absolute Gasteiger partial charge is 0.313 e. The third kappa shape index (κ3) is 3.78. The summed E-state index contributed by atoms with van der Waals surface area (Å²) in [6.45, 7) is 1.97. The van der Waals surface area contributed by atoms with Crippen LogP contribution in [0.4, 0.5) is 19.4 Å². The molecule has 0 aliphatic carbocycles. The third-order valence-electron chi connectivity index (χ3n) is 3.48. The van der Waals surface area contributed by atoms with E-state index in [0.717, 1.165) is 17.7 Å². The molecule has 1 nitrogen and oxygen atoms in total. The highest BCUT2D eigenvalue weighted by Crippen LogP contribution is 3.02. The fourth-order valence-corrected chi connectivity index (χ4v) is 2.69. The van der Waals surface area contributed by atoms with E-state index in [1.165, 1.54) is 0 Å². The van der Waals surface area contributed by atoms with E-state index >= 15 is 0 Å². The van der Waals surface area contributed by atoms with Gasteiger partial charge in [-0.3, -0.25) is 0 Å². The number of nitrogens with one attached hydrogen (secondary N) is 1. The fraction of sp³-hybridized carbons (Fsp3) is 0.200. The molecule has 2 rings (SSSR count). The summed E-state index contributed by atoms with van der Waals surface area (Å²) in [5.41, 5.74) is 2.14. The molecule has 1 atom stereocenters. The van der Waals surface area contributed by atoms with Crippen molar-refractivity contribution < 1.29 is 19.4 Å². The van der Waals surface area contributed by atoms with Gasteiger partial charge in [0.15, 0.2) is 0 Å². The van der Waals surface area contributed by atoms with Crippen LogP contribution < -0.4 is 5.32 Å². The van der Waals surface area contributed by atoms with Crippen LogP contribution in [0, 0.1) is 0 Å². The zero-order chi connectivity index (χ0) is 16.7. The second-order valence-corrected chi connectivity index (χ2v) is 7.54. The maximum absolute atomic E-state index is 12.7. The van der Waals surface area contributed by atoms with Crippen molar-refractivity contribution in [3.8, 4) is 11.1 Å². The average molecular weight is 337 g/mol. The standard InChI is InChI=1S/C15H16F5NS/c1-11(21-2)12-3-5-13(6-4-12)14-7-9-15(10-8-14)22(16,17,18,19)20/h3-11,21H,1-2H3/t11-/m1/s1. The molecule has 2 aromatic rings. The second-order valence-electron chi connectivity index (χ2n) is 5.13. The molecular formula is C15H16F5NS. The lowest BCUT2D eigenvalue weighted by atomic mass is 10.0. The van der Waals surface area contributed by atoms with Crippen molar-refractivity contribution in [3.63, 3.8) is 0 Å². The smallest absolute Gasteiger partial charge is 0.310 e. The first kappa shape index (κ1) is 16.8. The van der Waals surface area contributed by atoms with Gasteiger partial charge in [-0.1, -0.05) is 55.8 Å². The summed E-state index contributed by atoms with van der Waals surface area (Å²) in [6, 6.07) is 10.3. The van der Waals surface area contributed by atoms with Gasteiger partial charge in [0, 0.05) is 6.04 Å². The molecule has 0 spiro atoms. The van der Waals surface area contributed by atoms with Gasteiger partial charge in [-0.05, 0) is 42.8 Å². The van der Waals surface area contributed by atoms with Gasteiger partial charge in [0.1, 0.15) is 4.90 Å². The third-order valence-corrected chi connectivity index (χ3v) is 4.64. The van der Waals surface area contributed by atoms with Crippen molar-refractivity contribution in [1.82, 2.24) is 5.32 Å². The van der Waals surface area contributed by atoms with E-state index in [0.29, 0.717) is 23.3 Å². The summed E-state index contributed by atoms with van der Waals surface area (Å²) in [4.78, 5) is -1.87. The Morgan fingerprint density at radius 3 is 1.55 bits per heavy atom. The molecule has 22 heavy (non-hydrogen) atoms. The van der Waals surface area contributed by atoms with E-state index in [1.54, 1.807) is 12.1 Å². The van der Waals surface area contributed by atoms with Crippen LogP contribution in [0.1, 0.15) is 18.5 Å². The molecule has 0 bridgehead atoms. The molecule has 7 heteroatoms. The number of halogens is 5. The van der Waals surface area contributed by atoms with E-state index in [4.69, 9.17) is 0 Å². The molecule has 2 aromatic carbocycles. The average Bonchev–Trinajstić information content (AvgIpc) is 2.44. The van der Waals surface area contributed by atoms with Crippen LogP contribution in [-0.2, 0) is 0 Å². The van der Waals surface area contributed by atoms with Crippen molar-refractivity contribution >= 4 is 10.2 Å². The topological polar surface area (TPSA) is 12.0 Å². The Morgan fingerprint density at radius 1 is 0.773 bits per heavy atom. The highest BCUT2D eigenvalue weighted by molar-refractivity contribution is 8.45. The Kier molecular flexibility index (Phi) is 3.58. The first-order chi connectivity index (χ1) is 9.90. The highest BCUT2D eigenvalue weighted by Gasteiger charge is 2.65. The van der Waals surface area contributed by atoms with Crippen molar-refractivity contribution in [2.75, 3.05) is 7.05 Å². The van der Waals surface area contributed by atoms with E-state index < -0.39 is 15.1 Å². The quantitative estimate of drug-likeness (QED) is 0.646. The molecule has 0 saturated heterocycles. The van der Waals surface area contributed by atoms with Crippen molar-refractivity contribution in [2.45, 2.75) is 17.9 Å². The molecule has 0 heterocycles. The summed E-state index contributed by atoms with van der Waals surface area (Å²) in [5, 5.41) is 3.07. The number of hydrogen-bond acceptors (Lipinski definition) is 1. The summed E-state index contributed by atoms with van der Waals surface area (Å²) in [7, 11) is -7.78.